The van der Waals surface area contributed by atoms with Crippen LogP contribution < -0.4 is 29.0 Å². The number of unbranched alkanes of at least 4 members (excludes halogenated alkanes) is 4. The minimum absolute atomic E-state index is 0.177. The van der Waals surface area contributed by atoms with Crippen LogP contribution in [0.4, 0.5) is 13.2 Å². The molecule has 1 saturated carbocycles. The molecule has 0 unspecified atom stereocenters. The van der Waals surface area contributed by atoms with E-state index in [1.807, 2.05) is 79.7 Å². The van der Waals surface area contributed by atoms with Gasteiger partial charge in [0.2, 0.25) is 5.91 Å². The van der Waals surface area contributed by atoms with Gasteiger partial charge in [-0.3, -0.25) is 34.8 Å². The van der Waals surface area contributed by atoms with Gasteiger partial charge in [0.15, 0.2) is 0 Å². The van der Waals surface area contributed by atoms with Crippen LogP contribution in [0.3, 0.4) is 0 Å². The maximum atomic E-state index is 13.2. The van der Waals surface area contributed by atoms with E-state index < -0.39 is 11.7 Å². The number of likely N-dealkylation sites (tertiary alicyclic amines) is 1. The van der Waals surface area contributed by atoms with Crippen LogP contribution in [0, 0.1) is 29.1 Å². The first-order valence-electron chi connectivity index (χ1n) is 48.4. The van der Waals surface area contributed by atoms with Gasteiger partial charge < -0.3 is 63.0 Å². The summed E-state index contributed by atoms with van der Waals surface area (Å²) in [6.45, 7) is 28.6. The van der Waals surface area contributed by atoms with Crippen LogP contribution in [0.5, 0.6) is 34.5 Å². The summed E-state index contributed by atoms with van der Waals surface area (Å²) in [6.07, 6.45) is 16.6. The Bertz CT molecular complexity index is 5520. The lowest BCUT2D eigenvalue weighted by atomic mass is 9.98. The molecule has 5 N–H and O–H groups in total. The number of fused-ring (bicyclic) bond motifs is 5. The van der Waals surface area contributed by atoms with Gasteiger partial charge in [0.05, 0.1) is 99.1 Å². The van der Waals surface area contributed by atoms with E-state index in [-0.39, 0.29) is 11.7 Å². The second kappa shape index (κ2) is 52.3. The largest absolute Gasteiger partial charge is 0.493 e. The Morgan fingerprint density at radius 1 is 0.481 bits per heavy atom. The zero-order valence-electron chi connectivity index (χ0n) is 80.4. The Balaban J connectivity index is 0.000000151. The number of hydrogen-bond donors (Lipinski definition) is 5. The van der Waals surface area contributed by atoms with Crippen molar-refractivity contribution in [2.75, 3.05) is 141 Å². The van der Waals surface area contributed by atoms with E-state index in [2.05, 4.69) is 174 Å². The summed E-state index contributed by atoms with van der Waals surface area (Å²) in [7, 11) is 12.6. The molecule has 718 valence electrons. The van der Waals surface area contributed by atoms with Crippen LogP contribution in [0.2, 0.25) is 0 Å². The monoisotopic (exact) mass is 1830 g/mol. The number of nitrogens with zero attached hydrogens (tertiary/aromatic N) is 13. The quantitative estimate of drug-likeness (QED) is 0.0239. The second-order valence-corrected chi connectivity index (χ2v) is 36.4. The number of carbonyl (C=O) groups is 1. The van der Waals surface area contributed by atoms with Crippen molar-refractivity contribution in [1.82, 2.24) is 85.3 Å². The van der Waals surface area contributed by atoms with Gasteiger partial charge in [0.25, 0.3) is 0 Å². The lowest BCUT2D eigenvalue weighted by Gasteiger charge is -2.31. The number of rotatable bonds is 40. The first-order valence-corrected chi connectivity index (χ1v) is 48.4. The maximum absolute atomic E-state index is 13.2. The van der Waals surface area contributed by atoms with Crippen molar-refractivity contribution in [2.45, 2.75) is 202 Å². The number of ether oxygens (including phenoxy) is 7. The number of piperidine rings is 1. The molecule has 16 rings (SSSR count). The van der Waals surface area contributed by atoms with Crippen molar-refractivity contribution in [3.05, 3.63) is 185 Å². The number of likely N-dealkylation sites (N-methyl/N-ethyl adjacent to an activating group) is 2. The fraction of sp³-hybridized carbons (Fsp3) is 0.529. The third kappa shape index (κ3) is 30.9. The number of amides is 1. The molecule has 12 aromatic rings. The highest BCUT2D eigenvalue weighted by molar-refractivity contribution is 5.86. The molecule has 26 nitrogen and oxygen atoms in total. The number of alkyl halides is 3. The molecule has 4 aliphatic rings. The highest BCUT2D eigenvalue weighted by Crippen LogP contribution is 2.40. The van der Waals surface area contributed by atoms with E-state index in [4.69, 9.17) is 43.5 Å². The standard InChI is InChI=1S/C25H31N5O2.C21H32N4O2.C20H22F3N3O.C19H29N3O2.C19H29N3O/c1-27-11-12-29(2)17-25-23-15-22(32-18-20-5-3-19(16-26)4-6-20)7-8-24(23)28-30(25)21-9-13-31-14-10-21;1-4-5-10-24(3)14-21-19-13-18(6-7-20(19)22-23-21)27-15-17-8-11-25(12-9-17)16(2)26;1-3-4-11-26(2)13-18-15-12-14(9-10-17(15)24-25-18)27-19-8-6-5-7-16(19)20(21,22)23;1-3-4-9-22(2)13-19-17-12-16(5-6-18(17)20-21-19)24-14-15-7-10-23-11-8-15;1-3-4-11-22(2)13-19-17-12-16(9-10-18(17)20-21-19)23-14-15-7-5-6-8-15/h3-8,15,21,27H,9-14,17-18H2,1-2H3;6-7,13,17H,4-5,8-12,14-15H2,1-3H3,(H,22,23);5-10,12H,3-4,11,13H2,1-2H3,(H,24,25);5-6,12,15H,3-4,7-11,13-14H2,1-2H3,(H,20,21);9-10,12,15H,3-8,11,13-14H2,1-2H3,(H,20,21). The predicted molar refractivity (Wildman–Crippen MR) is 522 cm³/mol. The maximum Gasteiger partial charge on any atom is 0.419 e. The number of para-hydroxylation sites is 1. The Morgan fingerprint density at radius 2 is 0.872 bits per heavy atom. The number of hydrogen-bond acceptors (Lipinski definition) is 20. The van der Waals surface area contributed by atoms with Crippen molar-refractivity contribution in [1.29, 1.82) is 5.26 Å². The number of benzene rings is 7. The van der Waals surface area contributed by atoms with Crippen molar-refractivity contribution in [2.24, 2.45) is 17.8 Å². The van der Waals surface area contributed by atoms with Gasteiger partial charge in [-0.15, -0.1) is 0 Å². The summed E-state index contributed by atoms with van der Waals surface area (Å²) in [5, 5.41) is 52.8. The summed E-state index contributed by atoms with van der Waals surface area (Å²) < 4.78 is 82.5. The molecule has 3 saturated heterocycles. The lowest BCUT2D eigenvalue weighted by Crippen LogP contribution is -2.38. The van der Waals surface area contributed by atoms with Crippen LogP contribution in [-0.2, 0) is 59.8 Å². The number of nitrogens with one attached hydrogen (secondary N) is 5. The van der Waals surface area contributed by atoms with Gasteiger partial charge >= 0.3 is 6.18 Å². The normalized spacial score (nSPS) is 14.8. The summed E-state index contributed by atoms with van der Waals surface area (Å²) >= 11 is 0. The summed E-state index contributed by atoms with van der Waals surface area (Å²) in [5.74, 6) is 5.82. The molecule has 0 spiro atoms. The second-order valence-electron chi connectivity index (χ2n) is 36.4. The highest BCUT2D eigenvalue weighted by atomic mass is 19.4. The summed E-state index contributed by atoms with van der Waals surface area (Å²) in [6, 6.07) is 45.0. The number of H-pyrrole nitrogens is 4. The number of aromatic nitrogens is 10. The smallest absolute Gasteiger partial charge is 0.419 e. The minimum atomic E-state index is -4.47. The number of nitriles is 1. The van der Waals surface area contributed by atoms with Crippen LogP contribution in [-0.4, -0.2) is 227 Å². The third-order valence-electron chi connectivity index (χ3n) is 25.4. The summed E-state index contributed by atoms with van der Waals surface area (Å²) in [4.78, 5) is 24.9. The van der Waals surface area contributed by atoms with E-state index in [1.165, 1.54) is 110 Å². The molecular formula is C104H143F3N18O8. The molecule has 0 atom stereocenters. The molecule has 1 amide bonds. The highest BCUT2D eigenvalue weighted by Gasteiger charge is 2.35. The topological polar surface area (TPSA) is 269 Å². The van der Waals surface area contributed by atoms with Crippen LogP contribution in [0.1, 0.15) is 201 Å². The minimum Gasteiger partial charge on any atom is -0.493 e. The van der Waals surface area contributed by atoms with E-state index in [0.29, 0.717) is 48.9 Å². The van der Waals surface area contributed by atoms with Gasteiger partial charge in [-0.05, 0) is 284 Å². The fourth-order valence-electron chi connectivity index (χ4n) is 17.2. The molecule has 29 heteroatoms. The van der Waals surface area contributed by atoms with E-state index in [1.54, 1.807) is 25.1 Å². The van der Waals surface area contributed by atoms with Gasteiger partial charge in [-0.1, -0.05) is 90.5 Å². The average Bonchev–Trinajstić information content (AvgIpc) is 1.62. The molecule has 3 aliphatic heterocycles. The van der Waals surface area contributed by atoms with Crippen LogP contribution >= 0.6 is 0 Å². The van der Waals surface area contributed by atoms with E-state index >= 15 is 0 Å². The number of halogens is 3. The summed E-state index contributed by atoms with van der Waals surface area (Å²) in [5.41, 5.74) is 11.3. The Kier molecular flexibility index (Phi) is 39.8. The third-order valence-corrected chi connectivity index (χ3v) is 25.4. The zero-order chi connectivity index (χ0) is 93.9. The first-order chi connectivity index (χ1) is 64.6. The SMILES string of the molecule is CCCCN(C)Cc1[nH]nc2ccc(OCC3CCCC3)cc12.CCCCN(C)Cc1[nH]nc2ccc(OCC3CCN(C(C)=O)CC3)cc12.CCCCN(C)Cc1[nH]nc2ccc(OCC3CCOCC3)cc12.CCCCN(C)Cc1[nH]nc2ccc(Oc3ccccc3C(F)(F)F)cc12.CNCCN(C)Cc1c2cc(OCc3ccc(C#N)cc3)ccc2nn1C1CCOCC1. The van der Waals surface area contributed by atoms with Crippen molar-refractivity contribution >= 4 is 60.4 Å². The zero-order valence-corrected chi connectivity index (χ0v) is 80.4. The van der Waals surface area contributed by atoms with Crippen LogP contribution in [0.15, 0.2) is 140 Å². The van der Waals surface area contributed by atoms with E-state index in [9.17, 15) is 18.0 Å². The van der Waals surface area contributed by atoms with Crippen molar-refractivity contribution in [3.63, 3.8) is 0 Å². The average molecular weight is 1830 g/mol. The molecule has 1 aliphatic carbocycles. The molecule has 0 radical (unpaired) electrons. The Hall–Kier alpha value is -10.7. The van der Waals surface area contributed by atoms with Gasteiger partial charge in [0.1, 0.15) is 41.1 Å². The lowest BCUT2D eigenvalue weighted by molar-refractivity contribution is -0.138. The van der Waals surface area contributed by atoms with Gasteiger partial charge in [-0.2, -0.15) is 43.9 Å². The van der Waals surface area contributed by atoms with Gasteiger partial charge in [-0.25, -0.2) is 0 Å². The van der Waals surface area contributed by atoms with Crippen LogP contribution in [0.25, 0.3) is 54.5 Å². The molecule has 7 aromatic carbocycles. The van der Waals surface area contributed by atoms with Gasteiger partial charge in [0, 0.05) is 119 Å². The molecule has 8 heterocycles. The predicted octanol–water partition coefficient (Wildman–Crippen LogP) is 20.5. The number of carbonyl (C=O) groups excluding carboxylic acids is 1. The Labute approximate surface area is 783 Å². The van der Waals surface area contributed by atoms with E-state index in [0.717, 1.165) is 265 Å². The molecule has 4 fully saturated rings. The van der Waals surface area contributed by atoms with Crippen molar-refractivity contribution < 1.29 is 51.1 Å². The van der Waals surface area contributed by atoms with Crippen molar-refractivity contribution in [3.8, 4) is 40.6 Å². The molecule has 5 aromatic heterocycles. The first kappa shape index (κ1) is 101. The number of aromatic amines is 4. The Morgan fingerprint density at radius 3 is 1.30 bits per heavy atom. The molecule has 0 bridgehead atoms. The molecular weight excluding hydrogens is 1690 g/mol. The molecule has 133 heavy (non-hydrogen) atoms. The fourth-order valence-corrected chi connectivity index (χ4v) is 17.2.